The zero-order valence-corrected chi connectivity index (χ0v) is 19.0. The van der Waals surface area contributed by atoms with Crippen molar-refractivity contribution in [3.8, 4) is 11.5 Å². The first-order valence-electron chi connectivity index (χ1n) is 10.8. The van der Waals surface area contributed by atoms with E-state index >= 15 is 0 Å². The number of hydrogen-bond donors (Lipinski definition) is 0. The van der Waals surface area contributed by atoms with Gasteiger partial charge in [0.2, 0.25) is 0 Å². The van der Waals surface area contributed by atoms with E-state index in [9.17, 15) is 19.7 Å². The number of carbonyl (C=O) groups excluding carboxylic acids is 2. The van der Waals surface area contributed by atoms with Crippen LogP contribution in [0.15, 0.2) is 77.2 Å². The van der Waals surface area contributed by atoms with Crippen molar-refractivity contribution in [2.24, 2.45) is 0 Å². The number of furan rings is 1. The normalized spacial score (nSPS) is 11.0. The Morgan fingerprint density at radius 2 is 1.77 bits per heavy atom. The van der Waals surface area contributed by atoms with E-state index < -0.39 is 10.9 Å². The van der Waals surface area contributed by atoms with Crippen molar-refractivity contribution in [2.75, 3.05) is 6.61 Å². The Kier molecular flexibility index (Phi) is 6.73. The number of carbonyl (C=O) groups is 2. The average molecular weight is 471 g/mol. The Bertz CT molecular complexity index is 1450. The largest absolute Gasteiger partial charge is 0.494 e. The lowest BCUT2D eigenvalue weighted by Gasteiger charge is -2.06. The van der Waals surface area contributed by atoms with Crippen LogP contribution in [0.1, 0.15) is 39.0 Å². The van der Waals surface area contributed by atoms with Crippen LogP contribution >= 0.6 is 0 Å². The van der Waals surface area contributed by atoms with E-state index in [0.717, 1.165) is 0 Å². The van der Waals surface area contributed by atoms with Gasteiger partial charge in [-0.1, -0.05) is 18.2 Å². The Morgan fingerprint density at radius 3 is 2.49 bits per heavy atom. The molecule has 0 spiro atoms. The van der Waals surface area contributed by atoms with Gasteiger partial charge in [0, 0.05) is 23.1 Å². The van der Waals surface area contributed by atoms with Gasteiger partial charge in [0.25, 0.3) is 5.69 Å². The molecule has 0 N–H and O–H groups in total. The van der Waals surface area contributed by atoms with Gasteiger partial charge in [0.15, 0.2) is 5.78 Å². The molecular weight excluding hydrogens is 450 g/mol. The molecule has 8 nitrogen and oxygen atoms in total. The number of nitrogens with zero attached hydrogens (tertiary/aromatic N) is 1. The third-order valence-corrected chi connectivity index (χ3v) is 5.21. The zero-order valence-electron chi connectivity index (χ0n) is 19.0. The second-order valence-electron chi connectivity index (χ2n) is 7.59. The molecule has 1 aromatic heterocycles. The molecule has 0 saturated carbocycles. The number of ketones is 1. The summed E-state index contributed by atoms with van der Waals surface area (Å²) >= 11 is 0. The summed E-state index contributed by atoms with van der Waals surface area (Å²) in [6, 6.07) is 17.3. The second kappa shape index (κ2) is 10.0. The quantitative estimate of drug-likeness (QED) is 0.0755. The van der Waals surface area contributed by atoms with Crippen LogP contribution in [-0.2, 0) is 0 Å². The number of benzene rings is 3. The number of nitro groups is 1. The SMILES string of the molecule is CCOc1ccc2oc(C)c(C(=O)Oc3ccc(C(=O)/C=C/c4cccc([N+](=O)[O-])c4)cc3)c2c1. The van der Waals surface area contributed by atoms with E-state index in [4.69, 9.17) is 13.9 Å². The number of nitro benzene ring substituents is 1. The highest BCUT2D eigenvalue weighted by molar-refractivity contribution is 6.07. The summed E-state index contributed by atoms with van der Waals surface area (Å²) in [5.41, 5.74) is 1.71. The van der Waals surface area contributed by atoms with Gasteiger partial charge >= 0.3 is 5.97 Å². The van der Waals surface area contributed by atoms with Crippen molar-refractivity contribution in [1.29, 1.82) is 0 Å². The molecule has 0 unspecified atom stereocenters. The van der Waals surface area contributed by atoms with Crippen LogP contribution in [-0.4, -0.2) is 23.3 Å². The van der Waals surface area contributed by atoms with Gasteiger partial charge in [-0.15, -0.1) is 0 Å². The summed E-state index contributed by atoms with van der Waals surface area (Å²) in [5.74, 6) is 0.436. The summed E-state index contributed by atoms with van der Waals surface area (Å²) in [5, 5.41) is 11.5. The lowest BCUT2D eigenvalue weighted by atomic mass is 10.1. The van der Waals surface area contributed by atoms with Crippen LogP contribution in [0.2, 0.25) is 0 Å². The predicted molar refractivity (Wildman–Crippen MR) is 130 cm³/mol. The molecule has 0 aliphatic carbocycles. The molecule has 0 amide bonds. The molecule has 1 heterocycles. The minimum Gasteiger partial charge on any atom is -0.494 e. The zero-order chi connectivity index (χ0) is 24.9. The molecule has 0 bridgehead atoms. The molecule has 0 aliphatic rings. The minimum atomic E-state index is -0.584. The van der Waals surface area contributed by atoms with Gasteiger partial charge in [-0.05, 0) is 68.0 Å². The van der Waals surface area contributed by atoms with Crippen LogP contribution in [0, 0.1) is 17.0 Å². The molecular formula is C27H21NO7. The number of hydrogen-bond acceptors (Lipinski definition) is 7. The Morgan fingerprint density at radius 1 is 1.03 bits per heavy atom. The summed E-state index contributed by atoms with van der Waals surface area (Å²) in [7, 11) is 0. The van der Waals surface area contributed by atoms with E-state index in [0.29, 0.717) is 45.8 Å². The summed E-state index contributed by atoms with van der Waals surface area (Å²) < 4.78 is 16.7. The van der Waals surface area contributed by atoms with Crippen molar-refractivity contribution >= 4 is 34.5 Å². The van der Waals surface area contributed by atoms with Crippen molar-refractivity contribution < 1.29 is 28.4 Å². The third-order valence-electron chi connectivity index (χ3n) is 5.21. The van der Waals surface area contributed by atoms with Gasteiger partial charge < -0.3 is 13.9 Å². The molecule has 0 radical (unpaired) electrons. The Balaban J connectivity index is 1.47. The maximum atomic E-state index is 12.9. The van der Waals surface area contributed by atoms with Gasteiger partial charge in [0.05, 0.1) is 11.5 Å². The topological polar surface area (TPSA) is 109 Å². The number of esters is 1. The molecule has 0 fully saturated rings. The van der Waals surface area contributed by atoms with Crippen LogP contribution < -0.4 is 9.47 Å². The molecule has 3 aromatic carbocycles. The first-order chi connectivity index (χ1) is 16.9. The lowest BCUT2D eigenvalue weighted by Crippen LogP contribution is -2.09. The molecule has 0 aliphatic heterocycles. The number of ether oxygens (including phenoxy) is 2. The smallest absolute Gasteiger partial charge is 0.347 e. The summed E-state index contributed by atoms with van der Waals surface area (Å²) in [6.45, 7) is 4.05. The van der Waals surface area contributed by atoms with Crippen LogP contribution in [0.4, 0.5) is 5.69 Å². The molecule has 8 heteroatoms. The first kappa shape index (κ1) is 23.4. The molecule has 176 valence electrons. The summed E-state index contributed by atoms with van der Waals surface area (Å²) in [6.07, 6.45) is 2.84. The van der Waals surface area contributed by atoms with Crippen LogP contribution in [0.25, 0.3) is 17.0 Å². The van der Waals surface area contributed by atoms with E-state index in [1.54, 1.807) is 37.3 Å². The van der Waals surface area contributed by atoms with Crippen LogP contribution in [0.3, 0.4) is 0 Å². The van der Waals surface area contributed by atoms with E-state index in [1.165, 1.54) is 48.6 Å². The number of non-ortho nitro benzene ring substituents is 1. The Labute approximate surface area is 200 Å². The van der Waals surface area contributed by atoms with Gasteiger partial charge in [-0.25, -0.2) is 4.79 Å². The fraction of sp³-hybridized carbons (Fsp3) is 0.111. The van der Waals surface area contributed by atoms with E-state index in [2.05, 4.69) is 0 Å². The van der Waals surface area contributed by atoms with Gasteiger partial charge in [-0.2, -0.15) is 0 Å². The van der Waals surface area contributed by atoms with E-state index in [1.807, 2.05) is 6.92 Å². The van der Waals surface area contributed by atoms with Gasteiger partial charge in [-0.3, -0.25) is 14.9 Å². The highest BCUT2D eigenvalue weighted by Crippen LogP contribution is 2.30. The highest BCUT2D eigenvalue weighted by Gasteiger charge is 2.21. The Hall–Kier alpha value is -4.72. The number of aryl methyl sites for hydroxylation is 1. The fourth-order valence-corrected chi connectivity index (χ4v) is 3.56. The summed E-state index contributed by atoms with van der Waals surface area (Å²) in [4.78, 5) is 35.8. The minimum absolute atomic E-state index is 0.0551. The second-order valence-corrected chi connectivity index (χ2v) is 7.59. The monoisotopic (exact) mass is 471 g/mol. The molecule has 4 aromatic rings. The lowest BCUT2D eigenvalue weighted by molar-refractivity contribution is -0.384. The first-order valence-corrected chi connectivity index (χ1v) is 10.8. The van der Waals surface area contributed by atoms with Crippen molar-refractivity contribution in [1.82, 2.24) is 0 Å². The number of fused-ring (bicyclic) bond motifs is 1. The van der Waals surface area contributed by atoms with E-state index in [-0.39, 0.29) is 17.2 Å². The third kappa shape index (κ3) is 5.27. The average Bonchev–Trinajstić information content (AvgIpc) is 3.18. The van der Waals surface area contributed by atoms with Crippen molar-refractivity contribution in [3.63, 3.8) is 0 Å². The maximum absolute atomic E-state index is 12.9. The molecule has 0 atom stereocenters. The number of rotatable bonds is 8. The molecule has 4 rings (SSSR count). The molecule has 0 saturated heterocycles. The van der Waals surface area contributed by atoms with Gasteiger partial charge in [0.1, 0.15) is 28.4 Å². The molecule has 35 heavy (non-hydrogen) atoms. The van der Waals surface area contributed by atoms with Crippen LogP contribution in [0.5, 0.6) is 11.5 Å². The number of allylic oxidation sites excluding steroid dienone is 1. The fourth-order valence-electron chi connectivity index (χ4n) is 3.56. The van der Waals surface area contributed by atoms with Crippen molar-refractivity contribution in [2.45, 2.75) is 13.8 Å². The predicted octanol–water partition coefficient (Wildman–Crippen LogP) is 6.16. The maximum Gasteiger partial charge on any atom is 0.347 e. The standard InChI is InChI=1S/C27H21NO7/c1-3-33-22-12-14-25-23(16-22)26(17(2)34-25)27(30)35-21-10-8-19(9-11-21)24(29)13-7-18-5-4-6-20(15-18)28(31)32/h4-16H,3H2,1-2H3/b13-7+. The highest BCUT2D eigenvalue weighted by atomic mass is 16.6. The van der Waals surface area contributed by atoms with Crippen molar-refractivity contribution in [3.05, 3.63) is 105 Å².